The van der Waals surface area contributed by atoms with E-state index < -0.39 is 0 Å². The van der Waals surface area contributed by atoms with Crippen LogP contribution < -0.4 is 0 Å². The second-order valence-electron chi connectivity index (χ2n) is 7.21. The number of benzene rings is 2. The molecule has 2 aromatic heterocycles. The first-order chi connectivity index (χ1) is 13.1. The number of fused-ring (bicyclic) bond motifs is 1. The average Bonchev–Trinajstić information content (AvgIpc) is 3.36. The molecule has 0 spiro atoms. The lowest BCUT2D eigenvalue weighted by atomic mass is 9.96. The zero-order valence-electron chi connectivity index (χ0n) is 15.2. The zero-order chi connectivity index (χ0) is 18.5. The molecule has 27 heavy (non-hydrogen) atoms. The molecule has 0 saturated heterocycles. The standard InChI is InChI=1S/C22H19N3O2/c1-12-19(13(2)27-25-12)16-10-17(21(26)14-6-4-3-5-7-14)20-18(11-16)23-22(24-20)15-8-9-15/h3-7,10-11,15H,8-9H2,1-2H3,(H,23,24). The summed E-state index contributed by atoms with van der Waals surface area (Å²) in [4.78, 5) is 21.5. The van der Waals surface area contributed by atoms with Gasteiger partial charge in [-0.15, -0.1) is 0 Å². The van der Waals surface area contributed by atoms with Crippen molar-refractivity contribution in [2.24, 2.45) is 0 Å². The van der Waals surface area contributed by atoms with E-state index >= 15 is 0 Å². The number of carbonyl (C=O) groups excluding carboxylic acids is 1. The SMILES string of the molecule is Cc1noc(C)c1-c1cc(C(=O)c2ccccc2)c2nc(C3CC3)[nH]c2c1. The van der Waals surface area contributed by atoms with E-state index in [1.807, 2.05) is 56.3 Å². The van der Waals surface area contributed by atoms with Gasteiger partial charge in [-0.2, -0.15) is 0 Å². The van der Waals surface area contributed by atoms with Gasteiger partial charge in [-0.3, -0.25) is 4.79 Å². The van der Waals surface area contributed by atoms with Crippen LogP contribution in [0.25, 0.3) is 22.2 Å². The number of rotatable bonds is 4. The molecule has 1 fully saturated rings. The highest BCUT2D eigenvalue weighted by Gasteiger charge is 2.28. The number of H-pyrrole nitrogens is 1. The van der Waals surface area contributed by atoms with E-state index in [0.717, 1.165) is 52.3 Å². The molecule has 0 atom stereocenters. The van der Waals surface area contributed by atoms with Gasteiger partial charge in [0, 0.05) is 17.0 Å². The van der Waals surface area contributed by atoms with Crippen LogP contribution >= 0.6 is 0 Å². The summed E-state index contributed by atoms with van der Waals surface area (Å²) in [7, 11) is 0. The molecule has 5 rings (SSSR count). The predicted octanol–water partition coefficient (Wildman–Crippen LogP) is 4.94. The number of nitrogens with zero attached hydrogens (tertiary/aromatic N) is 2. The minimum atomic E-state index is -0.0249. The van der Waals surface area contributed by atoms with Crippen molar-refractivity contribution in [3.05, 3.63) is 70.9 Å². The Morgan fingerprint density at radius 2 is 1.93 bits per heavy atom. The molecule has 2 aromatic carbocycles. The van der Waals surface area contributed by atoms with E-state index in [1.165, 1.54) is 0 Å². The van der Waals surface area contributed by atoms with E-state index in [2.05, 4.69) is 10.1 Å². The lowest BCUT2D eigenvalue weighted by Gasteiger charge is -2.07. The first kappa shape index (κ1) is 16.0. The molecule has 0 aliphatic heterocycles. The highest BCUT2D eigenvalue weighted by Crippen LogP contribution is 2.40. The number of carbonyl (C=O) groups is 1. The Bertz CT molecular complexity index is 1150. The molecule has 2 heterocycles. The fraction of sp³-hybridized carbons (Fsp3) is 0.227. The van der Waals surface area contributed by atoms with Crippen molar-refractivity contribution in [2.75, 3.05) is 0 Å². The third kappa shape index (κ3) is 2.67. The topological polar surface area (TPSA) is 71.8 Å². The van der Waals surface area contributed by atoms with Crippen LogP contribution in [-0.2, 0) is 0 Å². The molecule has 4 aromatic rings. The molecule has 5 nitrogen and oxygen atoms in total. The Labute approximate surface area is 156 Å². The number of hydrogen-bond donors (Lipinski definition) is 1. The second kappa shape index (κ2) is 5.91. The average molecular weight is 357 g/mol. The van der Waals surface area contributed by atoms with Crippen molar-refractivity contribution in [3.63, 3.8) is 0 Å². The van der Waals surface area contributed by atoms with Crippen LogP contribution in [0.1, 0.15) is 52.0 Å². The molecule has 1 aliphatic rings. The van der Waals surface area contributed by atoms with Crippen LogP contribution in [-0.4, -0.2) is 20.9 Å². The molecular weight excluding hydrogens is 338 g/mol. The molecule has 0 unspecified atom stereocenters. The molecule has 0 bridgehead atoms. The Kier molecular flexibility index (Phi) is 3.50. The van der Waals surface area contributed by atoms with Crippen LogP contribution in [0, 0.1) is 13.8 Å². The fourth-order valence-electron chi connectivity index (χ4n) is 3.64. The third-order valence-corrected chi connectivity index (χ3v) is 5.17. The van der Waals surface area contributed by atoms with Gasteiger partial charge in [-0.1, -0.05) is 35.5 Å². The Morgan fingerprint density at radius 3 is 2.59 bits per heavy atom. The van der Waals surface area contributed by atoms with Gasteiger partial charge >= 0.3 is 0 Å². The number of aryl methyl sites for hydroxylation is 2. The van der Waals surface area contributed by atoms with E-state index in [9.17, 15) is 4.79 Å². The minimum Gasteiger partial charge on any atom is -0.361 e. The summed E-state index contributed by atoms with van der Waals surface area (Å²) in [5.74, 6) is 2.18. The first-order valence-electron chi connectivity index (χ1n) is 9.18. The van der Waals surface area contributed by atoms with Gasteiger partial charge in [-0.25, -0.2) is 4.98 Å². The van der Waals surface area contributed by atoms with Crippen molar-refractivity contribution >= 4 is 16.8 Å². The summed E-state index contributed by atoms with van der Waals surface area (Å²) in [6.45, 7) is 3.80. The van der Waals surface area contributed by atoms with Crippen molar-refractivity contribution < 1.29 is 9.32 Å². The summed E-state index contributed by atoms with van der Waals surface area (Å²) < 4.78 is 5.34. The van der Waals surface area contributed by atoms with Crippen LogP contribution in [0.5, 0.6) is 0 Å². The zero-order valence-corrected chi connectivity index (χ0v) is 15.2. The molecular formula is C22H19N3O2. The van der Waals surface area contributed by atoms with Crippen LogP contribution in [0.15, 0.2) is 47.0 Å². The van der Waals surface area contributed by atoms with Crippen molar-refractivity contribution in [1.82, 2.24) is 15.1 Å². The highest BCUT2D eigenvalue weighted by molar-refractivity contribution is 6.16. The number of aromatic amines is 1. The van der Waals surface area contributed by atoms with E-state index in [0.29, 0.717) is 17.0 Å². The lowest BCUT2D eigenvalue weighted by Crippen LogP contribution is -2.03. The normalized spacial score (nSPS) is 14.0. The predicted molar refractivity (Wildman–Crippen MR) is 103 cm³/mol. The first-order valence-corrected chi connectivity index (χ1v) is 9.18. The van der Waals surface area contributed by atoms with Crippen LogP contribution in [0.3, 0.4) is 0 Å². The second-order valence-corrected chi connectivity index (χ2v) is 7.21. The quantitative estimate of drug-likeness (QED) is 0.525. The fourth-order valence-corrected chi connectivity index (χ4v) is 3.64. The van der Waals surface area contributed by atoms with Gasteiger partial charge in [0.05, 0.1) is 22.3 Å². The smallest absolute Gasteiger partial charge is 0.195 e. The monoisotopic (exact) mass is 357 g/mol. The van der Waals surface area contributed by atoms with Crippen LogP contribution in [0.4, 0.5) is 0 Å². The number of nitrogens with one attached hydrogen (secondary N) is 1. The number of ketones is 1. The maximum absolute atomic E-state index is 13.3. The Hall–Kier alpha value is -3.21. The maximum Gasteiger partial charge on any atom is 0.195 e. The highest BCUT2D eigenvalue weighted by atomic mass is 16.5. The van der Waals surface area contributed by atoms with Gasteiger partial charge in [0.1, 0.15) is 11.6 Å². The van der Waals surface area contributed by atoms with Gasteiger partial charge in [0.15, 0.2) is 5.78 Å². The van der Waals surface area contributed by atoms with Gasteiger partial charge in [-0.05, 0) is 44.4 Å². The van der Waals surface area contributed by atoms with Crippen molar-refractivity contribution in [1.29, 1.82) is 0 Å². The molecule has 1 N–H and O–H groups in total. The molecule has 5 heteroatoms. The van der Waals surface area contributed by atoms with E-state index in [-0.39, 0.29) is 5.78 Å². The number of aromatic nitrogens is 3. The summed E-state index contributed by atoms with van der Waals surface area (Å²) in [5, 5.41) is 4.06. The summed E-state index contributed by atoms with van der Waals surface area (Å²) in [5.41, 5.74) is 5.55. The third-order valence-electron chi connectivity index (χ3n) is 5.17. The molecule has 134 valence electrons. The summed E-state index contributed by atoms with van der Waals surface area (Å²) in [6, 6.07) is 13.3. The van der Waals surface area contributed by atoms with Gasteiger partial charge in [0.25, 0.3) is 0 Å². The Morgan fingerprint density at radius 1 is 1.15 bits per heavy atom. The number of hydrogen-bond acceptors (Lipinski definition) is 4. The lowest BCUT2D eigenvalue weighted by molar-refractivity contribution is 0.104. The maximum atomic E-state index is 13.3. The largest absolute Gasteiger partial charge is 0.361 e. The molecule has 1 saturated carbocycles. The molecule has 0 amide bonds. The molecule has 0 radical (unpaired) electrons. The summed E-state index contributed by atoms with van der Waals surface area (Å²) >= 11 is 0. The van der Waals surface area contributed by atoms with E-state index in [1.54, 1.807) is 0 Å². The Balaban J connectivity index is 1.75. The molecule has 1 aliphatic carbocycles. The van der Waals surface area contributed by atoms with Crippen LogP contribution in [0.2, 0.25) is 0 Å². The van der Waals surface area contributed by atoms with Gasteiger partial charge in [0.2, 0.25) is 0 Å². The minimum absolute atomic E-state index is 0.0249. The summed E-state index contributed by atoms with van der Waals surface area (Å²) in [6.07, 6.45) is 2.30. The number of imidazole rings is 1. The van der Waals surface area contributed by atoms with Crippen molar-refractivity contribution in [2.45, 2.75) is 32.6 Å². The van der Waals surface area contributed by atoms with Gasteiger partial charge < -0.3 is 9.51 Å². The van der Waals surface area contributed by atoms with Crippen molar-refractivity contribution in [3.8, 4) is 11.1 Å². The van der Waals surface area contributed by atoms with E-state index in [4.69, 9.17) is 9.51 Å².